The molecule has 1 aliphatic rings. The Balaban J connectivity index is 2.44. The molecule has 2 rings (SSSR count). The molecule has 0 aliphatic carbocycles. The van der Waals surface area contributed by atoms with E-state index in [-0.39, 0.29) is 25.3 Å². The Morgan fingerprint density at radius 3 is 2.79 bits per heavy atom. The second-order valence-corrected chi connectivity index (χ2v) is 5.08. The summed E-state index contributed by atoms with van der Waals surface area (Å²) in [7, 11) is 0. The molecule has 0 aromatic carbocycles. The monoisotopic (exact) mass is 340 g/mol. The van der Waals surface area contributed by atoms with Crippen LogP contribution in [-0.4, -0.2) is 64.4 Å². The molecule has 0 saturated carbocycles. The molecular formula is C14H20N4O6. The SMILES string of the molecule is NCC#Cc1cn([C@@H]2O[C@H](CO)[C@@H](O)[C@H]2OCCN)c(=O)[nH]c1=O. The molecule has 0 unspecified atom stereocenters. The molecule has 7 N–H and O–H groups in total. The molecule has 2 heterocycles. The predicted octanol–water partition coefficient (Wildman–Crippen LogP) is -3.56. The molecule has 4 atom stereocenters. The maximum absolute atomic E-state index is 12.1. The number of aliphatic hydroxyl groups excluding tert-OH is 2. The van der Waals surface area contributed by atoms with Crippen LogP contribution in [0.15, 0.2) is 15.8 Å². The van der Waals surface area contributed by atoms with Crippen molar-refractivity contribution in [1.82, 2.24) is 9.55 Å². The van der Waals surface area contributed by atoms with Gasteiger partial charge in [-0.25, -0.2) is 4.79 Å². The van der Waals surface area contributed by atoms with E-state index in [4.69, 9.17) is 20.9 Å². The molecular weight excluding hydrogens is 320 g/mol. The minimum atomic E-state index is -1.16. The van der Waals surface area contributed by atoms with E-state index < -0.39 is 42.4 Å². The highest BCUT2D eigenvalue weighted by molar-refractivity contribution is 5.30. The van der Waals surface area contributed by atoms with Gasteiger partial charge in [0.25, 0.3) is 5.56 Å². The predicted molar refractivity (Wildman–Crippen MR) is 83.1 cm³/mol. The molecule has 1 saturated heterocycles. The van der Waals surface area contributed by atoms with Gasteiger partial charge in [0.15, 0.2) is 6.23 Å². The number of hydrogen-bond donors (Lipinski definition) is 5. The maximum atomic E-state index is 12.1. The average Bonchev–Trinajstić information content (AvgIpc) is 2.88. The van der Waals surface area contributed by atoms with Gasteiger partial charge in [-0.05, 0) is 0 Å². The molecule has 0 spiro atoms. The highest BCUT2D eigenvalue weighted by Crippen LogP contribution is 2.30. The van der Waals surface area contributed by atoms with Gasteiger partial charge in [0.1, 0.15) is 23.9 Å². The van der Waals surface area contributed by atoms with Crippen molar-refractivity contribution >= 4 is 0 Å². The van der Waals surface area contributed by atoms with Crippen molar-refractivity contribution in [2.75, 3.05) is 26.3 Å². The summed E-state index contributed by atoms with van der Waals surface area (Å²) in [6.45, 7) is -0.0880. The van der Waals surface area contributed by atoms with Crippen LogP contribution in [0.4, 0.5) is 0 Å². The Hall–Kier alpha value is -2.00. The van der Waals surface area contributed by atoms with Gasteiger partial charge in [0.05, 0.1) is 19.8 Å². The smallest absolute Gasteiger partial charge is 0.330 e. The normalized spacial score (nSPS) is 26.2. The highest BCUT2D eigenvalue weighted by Gasteiger charge is 2.45. The molecule has 0 bridgehead atoms. The van der Waals surface area contributed by atoms with Gasteiger partial charge in [0.2, 0.25) is 0 Å². The Labute approximate surface area is 137 Å². The zero-order chi connectivity index (χ0) is 17.7. The number of H-pyrrole nitrogens is 1. The summed E-state index contributed by atoms with van der Waals surface area (Å²) in [5.74, 6) is 5.07. The zero-order valence-corrected chi connectivity index (χ0v) is 12.8. The van der Waals surface area contributed by atoms with E-state index >= 15 is 0 Å². The van der Waals surface area contributed by atoms with Crippen LogP contribution < -0.4 is 22.7 Å². The lowest BCUT2D eigenvalue weighted by Gasteiger charge is -2.22. The lowest BCUT2D eigenvalue weighted by Crippen LogP contribution is -2.40. The quantitative estimate of drug-likeness (QED) is 0.343. The van der Waals surface area contributed by atoms with Crippen LogP contribution in [0.25, 0.3) is 0 Å². The van der Waals surface area contributed by atoms with Gasteiger partial charge < -0.3 is 31.2 Å². The number of aliphatic hydroxyl groups is 2. The molecule has 1 aliphatic heterocycles. The van der Waals surface area contributed by atoms with Crippen molar-refractivity contribution in [3.63, 3.8) is 0 Å². The van der Waals surface area contributed by atoms with E-state index in [9.17, 15) is 19.8 Å². The Kier molecular flexibility index (Phi) is 6.27. The van der Waals surface area contributed by atoms with Crippen molar-refractivity contribution in [3.05, 3.63) is 32.6 Å². The van der Waals surface area contributed by atoms with Crippen molar-refractivity contribution in [3.8, 4) is 11.8 Å². The van der Waals surface area contributed by atoms with Crippen LogP contribution in [0.3, 0.4) is 0 Å². The summed E-state index contributed by atoms with van der Waals surface area (Å²) in [5.41, 5.74) is 9.27. The summed E-state index contributed by atoms with van der Waals surface area (Å²) in [5, 5.41) is 19.5. The second kappa shape index (κ2) is 8.20. The van der Waals surface area contributed by atoms with E-state index in [0.29, 0.717) is 0 Å². The van der Waals surface area contributed by atoms with Crippen molar-refractivity contribution in [1.29, 1.82) is 0 Å². The molecule has 1 aromatic rings. The van der Waals surface area contributed by atoms with Crippen molar-refractivity contribution in [2.45, 2.75) is 24.5 Å². The van der Waals surface area contributed by atoms with Crippen LogP contribution >= 0.6 is 0 Å². The molecule has 0 radical (unpaired) electrons. The van der Waals surface area contributed by atoms with Gasteiger partial charge in [-0.3, -0.25) is 14.3 Å². The number of ether oxygens (including phenoxy) is 2. The third-order valence-electron chi connectivity index (χ3n) is 3.49. The minimum Gasteiger partial charge on any atom is -0.394 e. The summed E-state index contributed by atoms with van der Waals surface area (Å²) in [6, 6.07) is 0. The van der Waals surface area contributed by atoms with Crippen LogP contribution in [0.1, 0.15) is 11.8 Å². The fourth-order valence-corrected chi connectivity index (χ4v) is 2.39. The molecule has 1 fully saturated rings. The number of nitrogens with one attached hydrogen (secondary N) is 1. The van der Waals surface area contributed by atoms with Gasteiger partial charge >= 0.3 is 5.69 Å². The first-order valence-electron chi connectivity index (χ1n) is 7.34. The lowest BCUT2D eigenvalue weighted by molar-refractivity contribution is -0.0727. The standard InChI is InChI=1S/C14H20N4O6/c15-3-1-2-8-6-18(14(22)17-12(8)21)13-11(23-5-4-16)10(20)9(7-19)24-13/h6,9-11,13,19-20H,3-5,7,15-16H2,(H,17,21,22)/t9-,10-,11-,13-/m1/s1. The summed E-state index contributed by atoms with van der Waals surface area (Å²) >= 11 is 0. The lowest BCUT2D eigenvalue weighted by atomic mass is 10.1. The van der Waals surface area contributed by atoms with Crippen LogP contribution in [0, 0.1) is 11.8 Å². The number of aromatic nitrogens is 2. The van der Waals surface area contributed by atoms with E-state index in [2.05, 4.69) is 16.8 Å². The van der Waals surface area contributed by atoms with Gasteiger partial charge in [0, 0.05) is 12.7 Å². The van der Waals surface area contributed by atoms with E-state index in [1.807, 2.05) is 0 Å². The Bertz CT molecular complexity index is 733. The summed E-state index contributed by atoms with van der Waals surface area (Å²) < 4.78 is 12.0. The zero-order valence-electron chi connectivity index (χ0n) is 12.8. The average molecular weight is 340 g/mol. The van der Waals surface area contributed by atoms with Gasteiger partial charge in [-0.15, -0.1) is 0 Å². The second-order valence-electron chi connectivity index (χ2n) is 5.08. The number of hydrogen-bond acceptors (Lipinski definition) is 8. The number of nitrogens with two attached hydrogens (primary N) is 2. The van der Waals surface area contributed by atoms with E-state index in [1.165, 1.54) is 6.20 Å². The van der Waals surface area contributed by atoms with Crippen LogP contribution in [0.2, 0.25) is 0 Å². The fraction of sp³-hybridized carbons (Fsp3) is 0.571. The maximum Gasteiger partial charge on any atom is 0.330 e. The van der Waals surface area contributed by atoms with Crippen LogP contribution in [0.5, 0.6) is 0 Å². The molecule has 132 valence electrons. The third kappa shape index (κ3) is 3.73. The topological polar surface area (TPSA) is 166 Å². The number of aromatic amines is 1. The largest absolute Gasteiger partial charge is 0.394 e. The minimum absolute atomic E-state index is 0.0168. The molecule has 24 heavy (non-hydrogen) atoms. The number of rotatable bonds is 5. The van der Waals surface area contributed by atoms with E-state index in [1.54, 1.807) is 0 Å². The fourth-order valence-electron chi connectivity index (χ4n) is 2.39. The molecule has 10 heteroatoms. The first kappa shape index (κ1) is 18.3. The van der Waals surface area contributed by atoms with Crippen molar-refractivity contribution in [2.24, 2.45) is 11.5 Å². The highest BCUT2D eigenvalue weighted by atomic mass is 16.6. The first-order chi connectivity index (χ1) is 11.5. The first-order valence-corrected chi connectivity index (χ1v) is 7.34. The molecule has 10 nitrogen and oxygen atoms in total. The summed E-state index contributed by atoms with van der Waals surface area (Å²) in [6.07, 6.45) is -2.88. The Morgan fingerprint density at radius 1 is 1.42 bits per heavy atom. The number of nitrogens with zero attached hydrogens (tertiary/aromatic N) is 1. The molecule has 0 amide bonds. The van der Waals surface area contributed by atoms with Crippen LogP contribution in [-0.2, 0) is 9.47 Å². The van der Waals surface area contributed by atoms with Crippen molar-refractivity contribution < 1.29 is 19.7 Å². The van der Waals surface area contributed by atoms with Gasteiger partial charge in [-0.2, -0.15) is 0 Å². The van der Waals surface area contributed by atoms with Gasteiger partial charge in [-0.1, -0.05) is 11.8 Å². The summed E-state index contributed by atoms with van der Waals surface area (Å²) in [4.78, 5) is 26.0. The molecule has 1 aromatic heterocycles. The van der Waals surface area contributed by atoms with E-state index in [0.717, 1.165) is 4.57 Å². The third-order valence-corrected chi connectivity index (χ3v) is 3.49. The Morgan fingerprint density at radius 2 is 2.17 bits per heavy atom.